The monoisotopic (exact) mass is 379 g/mol. The van der Waals surface area contributed by atoms with Crippen LogP contribution >= 0.6 is 7.82 Å². The fourth-order valence-electron chi connectivity index (χ4n) is 1.90. The number of nitrogens with two attached hydrogens (primary N) is 1. The Morgan fingerprint density at radius 2 is 2.12 bits per heavy atom. The molecule has 0 bridgehead atoms. The Kier molecular flexibility index (Phi) is 8.32. The first-order valence-electron chi connectivity index (χ1n) is 6.98. The summed E-state index contributed by atoms with van der Waals surface area (Å²) < 4.78 is 25.8. The van der Waals surface area contributed by atoms with Crippen molar-refractivity contribution in [3.63, 3.8) is 0 Å². The lowest BCUT2D eigenvalue weighted by atomic mass is 10.3. The summed E-state index contributed by atoms with van der Waals surface area (Å²) in [5.41, 5.74) is 5.92. The number of hydrogen-bond acceptors (Lipinski definition) is 10. The topological polar surface area (TPSA) is 173 Å². The summed E-state index contributed by atoms with van der Waals surface area (Å²) in [6.07, 6.45) is -0.597. The van der Waals surface area contributed by atoms with E-state index in [4.69, 9.17) is 25.0 Å². The summed E-state index contributed by atoms with van der Waals surface area (Å²) in [5.74, 6) is 0.357. The Bertz CT molecular complexity index is 614. The molecule has 0 unspecified atom stereocenters. The van der Waals surface area contributed by atoms with Gasteiger partial charge in [-0.3, -0.25) is 9.52 Å². The third kappa shape index (κ3) is 6.63. The fourth-order valence-corrected chi connectivity index (χ4v) is 2.26. The smallest absolute Gasteiger partial charge is 0.392 e. The molecule has 0 aliphatic rings. The minimum atomic E-state index is -4.67. The van der Waals surface area contributed by atoms with Crippen molar-refractivity contribution in [3.8, 4) is 0 Å². The van der Waals surface area contributed by atoms with Crippen LogP contribution in [-0.2, 0) is 18.6 Å². The number of likely N-dealkylation sites (N-methyl/N-ethyl adjacent to an activating group) is 1. The minimum absolute atomic E-state index is 0.0250. The number of rotatable bonds is 11. The molecule has 5 N–H and O–H groups in total. The van der Waals surface area contributed by atoms with Gasteiger partial charge in [0.15, 0.2) is 17.9 Å². The summed E-state index contributed by atoms with van der Waals surface area (Å²) in [7, 11) is -1.72. The summed E-state index contributed by atoms with van der Waals surface area (Å²) >= 11 is 0. The van der Waals surface area contributed by atoms with Crippen LogP contribution in [0.15, 0.2) is 11.3 Å². The van der Waals surface area contributed by atoms with Gasteiger partial charge < -0.3 is 35.0 Å². The number of aliphatic hydroxyl groups is 1. The minimum Gasteiger partial charge on any atom is -0.392 e. The van der Waals surface area contributed by atoms with Crippen molar-refractivity contribution in [2.75, 3.05) is 44.6 Å². The number of phosphoric acid groups is 1. The lowest BCUT2D eigenvalue weighted by Gasteiger charge is -2.31. The molecular weight excluding hydrogens is 357 g/mol. The third-order valence-electron chi connectivity index (χ3n) is 3.04. The van der Waals surface area contributed by atoms with Gasteiger partial charge in [0.2, 0.25) is 0 Å². The van der Waals surface area contributed by atoms with Gasteiger partial charge in [0, 0.05) is 14.2 Å². The highest BCUT2D eigenvalue weighted by Gasteiger charge is 2.26. The van der Waals surface area contributed by atoms with E-state index < -0.39 is 33.4 Å². The molecule has 0 aromatic carbocycles. The highest BCUT2D eigenvalue weighted by atomic mass is 31.2. The van der Waals surface area contributed by atoms with E-state index in [9.17, 15) is 9.67 Å². The van der Waals surface area contributed by atoms with Gasteiger partial charge in [-0.05, 0) is 6.72 Å². The second-order valence-corrected chi connectivity index (χ2v) is 6.08. The normalized spacial score (nSPS) is 14.1. The number of aliphatic imine (C=N–C) groups is 1. The lowest BCUT2D eigenvalue weighted by Crippen LogP contribution is -2.42. The molecule has 2 atom stereocenters. The Morgan fingerprint density at radius 1 is 1.44 bits per heavy atom. The zero-order valence-corrected chi connectivity index (χ0v) is 14.7. The van der Waals surface area contributed by atoms with Crippen molar-refractivity contribution in [3.05, 3.63) is 6.33 Å². The Morgan fingerprint density at radius 3 is 2.64 bits per heavy atom. The summed E-state index contributed by atoms with van der Waals surface area (Å²) in [6.45, 7) is 2.47. The van der Waals surface area contributed by atoms with Crippen LogP contribution in [0.25, 0.3) is 0 Å². The number of methoxy groups -OCH3 is 1. The van der Waals surface area contributed by atoms with Gasteiger partial charge in [0.1, 0.15) is 18.1 Å². The zero-order valence-electron chi connectivity index (χ0n) is 13.8. The van der Waals surface area contributed by atoms with Gasteiger partial charge in [-0.1, -0.05) is 0 Å². The number of nitrogen functional groups attached to an aromatic ring is 1. The van der Waals surface area contributed by atoms with Crippen LogP contribution in [0.1, 0.15) is 0 Å². The Balaban J connectivity index is 2.93. The Hall–Kier alpha value is -1.66. The quantitative estimate of drug-likeness (QED) is 0.217. The average molecular weight is 379 g/mol. The molecule has 1 aromatic rings. The van der Waals surface area contributed by atoms with Gasteiger partial charge in [-0.15, -0.1) is 0 Å². The molecule has 0 aliphatic carbocycles. The van der Waals surface area contributed by atoms with E-state index >= 15 is 0 Å². The van der Waals surface area contributed by atoms with Crippen LogP contribution < -0.4 is 10.6 Å². The molecule has 0 fully saturated rings. The maximum atomic E-state index is 10.8. The fraction of sp³-hybridized carbons (Fsp3) is 0.583. The summed E-state index contributed by atoms with van der Waals surface area (Å²) in [5, 5.41) is 9.61. The number of anilines is 2. The van der Waals surface area contributed by atoms with E-state index in [0.29, 0.717) is 0 Å². The first-order valence-corrected chi connectivity index (χ1v) is 8.51. The number of hydrogen-bond donors (Lipinski definition) is 4. The van der Waals surface area contributed by atoms with Crippen LogP contribution in [0.4, 0.5) is 17.3 Å². The summed E-state index contributed by atoms with van der Waals surface area (Å²) in [4.78, 5) is 30.6. The molecule has 0 spiro atoms. The van der Waals surface area contributed by atoms with Gasteiger partial charge >= 0.3 is 7.82 Å². The van der Waals surface area contributed by atoms with E-state index in [2.05, 4.69) is 26.2 Å². The zero-order chi connectivity index (χ0) is 19.0. The standard InChI is InChI=1S/C12H22N5O7P/c1-14-10-11(13)15-7-16-12(10)17(2)9(4-18)24-8(5-22-3)6-23-25(19,20)21/h7-9,18H,1,4-6H2,2-3H3,(H2,13,15,16)(H2,19,20,21)/t8-,9+/m0/s1. The van der Waals surface area contributed by atoms with E-state index in [1.54, 1.807) is 7.05 Å². The van der Waals surface area contributed by atoms with Crippen molar-refractivity contribution in [1.29, 1.82) is 0 Å². The Labute approximate surface area is 144 Å². The van der Waals surface area contributed by atoms with Crippen LogP contribution in [0.2, 0.25) is 0 Å². The molecule has 0 saturated carbocycles. The number of nitrogens with zero attached hydrogens (tertiary/aromatic N) is 4. The molecule has 0 amide bonds. The molecule has 25 heavy (non-hydrogen) atoms. The van der Waals surface area contributed by atoms with Gasteiger partial charge in [-0.2, -0.15) is 0 Å². The molecular formula is C12H22N5O7P. The van der Waals surface area contributed by atoms with Gasteiger partial charge in [-0.25, -0.2) is 14.5 Å². The van der Waals surface area contributed by atoms with Crippen molar-refractivity contribution in [2.45, 2.75) is 12.3 Å². The number of aliphatic hydroxyl groups excluding tert-OH is 1. The van der Waals surface area contributed by atoms with E-state index in [1.165, 1.54) is 18.3 Å². The number of phosphoric ester groups is 1. The SMILES string of the molecule is C=Nc1c(N)ncnc1N(C)[C@@H](CO)O[C@@H](COC)COP(=O)(O)O. The van der Waals surface area contributed by atoms with Gasteiger partial charge in [0.05, 0.1) is 19.8 Å². The van der Waals surface area contributed by atoms with Crippen molar-refractivity contribution >= 4 is 31.9 Å². The number of ether oxygens (including phenoxy) is 2. The molecule has 1 rings (SSSR count). The highest BCUT2D eigenvalue weighted by Crippen LogP contribution is 2.36. The van der Waals surface area contributed by atoms with E-state index in [-0.39, 0.29) is 23.9 Å². The molecule has 0 aliphatic heterocycles. The molecule has 13 heteroatoms. The number of aromatic nitrogens is 2. The highest BCUT2D eigenvalue weighted by molar-refractivity contribution is 7.46. The predicted octanol–water partition coefficient (Wildman–Crippen LogP) is -0.714. The van der Waals surface area contributed by atoms with Crippen LogP contribution in [-0.4, -0.2) is 77.9 Å². The van der Waals surface area contributed by atoms with E-state index in [0.717, 1.165) is 0 Å². The van der Waals surface area contributed by atoms with Crippen molar-refractivity contribution in [1.82, 2.24) is 9.97 Å². The largest absolute Gasteiger partial charge is 0.469 e. The van der Waals surface area contributed by atoms with Gasteiger partial charge in [0.25, 0.3) is 0 Å². The molecule has 1 heterocycles. The maximum Gasteiger partial charge on any atom is 0.469 e. The predicted molar refractivity (Wildman–Crippen MR) is 89.7 cm³/mol. The van der Waals surface area contributed by atoms with Crippen molar-refractivity contribution < 1.29 is 33.5 Å². The third-order valence-corrected chi connectivity index (χ3v) is 3.53. The van der Waals surface area contributed by atoms with Crippen LogP contribution in [0.5, 0.6) is 0 Å². The van der Waals surface area contributed by atoms with Crippen LogP contribution in [0, 0.1) is 0 Å². The van der Waals surface area contributed by atoms with Crippen molar-refractivity contribution in [2.24, 2.45) is 4.99 Å². The summed E-state index contributed by atoms with van der Waals surface area (Å²) in [6, 6.07) is 0. The molecule has 12 nitrogen and oxygen atoms in total. The molecule has 142 valence electrons. The first-order chi connectivity index (χ1) is 11.7. The second kappa shape index (κ2) is 9.73. The molecule has 0 radical (unpaired) electrons. The van der Waals surface area contributed by atoms with Crippen LogP contribution in [0.3, 0.4) is 0 Å². The first kappa shape index (κ1) is 21.4. The second-order valence-electron chi connectivity index (χ2n) is 4.84. The average Bonchev–Trinajstić information content (AvgIpc) is 2.55. The lowest BCUT2D eigenvalue weighted by molar-refractivity contribution is -0.0837. The molecule has 1 aromatic heterocycles. The molecule has 0 saturated heterocycles. The maximum absolute atomic E-state index is 10.8. The van der Waals surface area contributed by atoms with E-state index in [1.807, 2.05) is 0 Å².